The van der Waals surface area contributed by atoms with E-state index in [0.29, 0.717) is 0 Å². The van der Waals surface area contributed by atoms with Crippen LogP contribution < -0.4 is 0 Å². The van der Waals surface area contributed by atoms with E-state index >= 15 is 0 Å². The molecular formula is C12H7Cl2F3OS. The van der Waals surface area contributed by atoms with Gasteiger partial charge in [0.25, 0.3) is 0 Å². The maximum absolute atomic E-state index is 12.5. The van der Waals surface area contributed by atoms with Crippen molar-refractivity contribution in [2.45, 2.75) is 13.1 Å². The average Bonchev–Trinajstić information content (AvgIpc) is 2.25. The van der Waals surface area contributed by atoms with Crippen molar-refractivity contribution < 1.29 is 18.0 Å². The summed E-state index contributed by atoms with van der Waals surface area (Å²) in [6.45, 7) is 1.39. The van der Waals surface area contributed by atoms with E-state index in [1.165, 1.54) is 6.92 Å². The summed E-state index contributed by atoms with van der Waals surface area (Å²) >= 11 is 12.4. The molecule has 0 heterocycles. The maximum atomic E-state index is 12.5. The molecule has 0 aliphatic carbocycles. The first-order chi connectivity index (χ1) is 8.71. The number of carbonyl (C=O) groups is 1. The van der Waals surface area contributed by atoms with E-state index in [1.54, 1.807) is 0 Å². The second kappa shape index (κ2) is 6.56. The van der Waals surface area contributed by atoms with Gasteiger partial charge in [-0.15, -0.1) is 0 Å². The van der Waals surface area contributed by atoms with E-state index in [2.05, 4.69) is 11.8 Å². The molecule has 0 spiro atoms. The number of thioether (sulfide) groups is 1. The van der Waals surface area contributed by atoms with Crippen LogP contribution in [0.15, 0.2) is 12.1 Å². The summed E-state index contributed by atoms with van der Waals surface area (Å²) in [5.41, 5.74) is -0.799. The SMILES string of the molecule is CC(=O)SCC#Cc1c(Cl)cc(C(F)(F)F)cc1Cl. The van der Waals surface area contributed by atoms with Crippen molar-refractivity contribution >= 4 is 40.1 Å². The number of alkyl halides is 3. The molecule has 0 atom stereocenters. The van der Waals surface area contributed by atoms with Gasteiger partial charge in [-0.2, -0.15) is 13.2 Å². The number of hydrogen-bond acceptors (Lipinski definition) is 2. The fraction of sp³-hybridized carbons (Fsp3) is 0.250. The molecule has 0 unspecified atom stereocenters. The summed E-state index contributed by atoms with van der Waals surface area (Å²) < 4.78 is 37.4. The molecule has 0 radical (unpaired) electrons. The average molecular weight is 327 g/mol. The normalized spacial score (nSPS) is 10.8. The van der Waals surface area contributed by atoms with E-state index in [-0.39, 0.29) is 26.5 Å². The number of hydrogen-bond donors (Lipinski definition) is 0. The lowest BCUT2D eigenvalue weighted by molar-refractivity contribution is -0.137. The third-order valence-electron chi connectivity index (χ3n) is 1.93. The Morgan fingerprint density at radius 2 is 1.84 bits per heavy atom. The van der Waals surface area contributed by atoms with Gasteiger partial charge in [-0.25, -0.2) is 0 Å². The van der Waals surface area contributed by atoms with Crippen LogP contribution in [-0.4, -0.2) is 10.9 Å². The first-order valence-electron chi connectivity index (χ1n) is 4.90. The highest BCUT2D eigenvalue weighted by atomic mass is 35.5. The van der Waals surface area contributed by atoms with Gasteiger partial charge < -0.3 is 0 Å². The van der Waals surface area contributed by atoms with E-state index in [1.807, 2.05) is 0 Å². The Kier molecular flexibility index (Phi) is 5.60. The molecule has 0 aliphatic rings. The highest BCUT2D eigenvalue weighted by Crippen LogP contribution is 2.35. The van der Waals surface area contributed by atoms with E-state index in [9.17, 15) is 18.0 Å². The Morgan fingerprint density at radius 1 is 1.32 bits per heavy atom. The largest absolute Gasteiger partial charge is 0.416 e. The highest BCUT2D eigenvalue weighted by Gasteiger charge is 2.31. The van der Waals surface area contributed by atoms with Crippen LogP contribution in [0.5, 0.6) is 0 Å². The van der Waals surface area contributed by atoms with Crippen molar-refractivity contribution in [3.8, 4) is 11.8 Å². The molecule has 19 heavy (non-hydrogen) atoms. The van der Waals surface area contributed by atoms with Crippen LogP contribution in [-0.2, 0) is 11.0 Å². The Bertz CT molecular complexity index is 535. The van der Waals surface area contributed by atoms with Gasteiger partial charge in [0, 0.05) is 6.92 Å². The first kappa shape index (κ1) is 16.2. The molecular weight excluding hydrogens is 320 g/mol. The molecule has 0 bridgehead atoms. The fourth-order valence-electron chi connectivity index (χ4n) is 1.12. The van der Waals surface area contributed by atoms with Crippen molar-refractivity contribution in [2.24, 2.45) is 0 Å². The van der Waals surface area contributed by atoms with Crippen LogP contribution in [0.3, 0.4) is 0 Å². The fourth-order valence-corrected chi connectivity index (χ4v) is 2.05. The van der Waals surface area contributed by atoms with E-state index in [4.69, 9.17) is 23.2 Å². The van der Waals surface area contributed by atoms with Crippen molar-refractivity contribution in [2.75, 3.05) is 5.75 Å². The topological polar surface area (TPSA) is 17.1 Å². The lowest BCUT2D eigenvalue weighted by Crippen LogP contribution is -2.05. The standard InChI is InChI=1S/C12H7Cl2F3OS/c1-7(18)19-4-2-3-9-10(13)5-8(6-11(9)14)12(15,16)17/h5-6H,4H2,1H3. The van der Waals surface area contributed by atoms with Crippen LogP contribution in [0.4, 0.5) is 13.2 Å². The predicted molar refractivity (Wildman–Crippen MR) is 71.5 cm³/mol. The Labute approximate surface area is 122 Å². The second-order valence-electron chi connectivity index (χ2n) is 3.39. The van der Waals surface area contributed by atoms with Gasteiger partial charge >= 0.3 is 6.18 Å². The molecule has 0 aromatic heterocycles. The molecule has 0 N–H and O–H groups in total. The first-order valence-corrected chi connectivity index (χ1v) is 6.64. The zero-order valence-corrected chi connectivity index (χ0v) is 11.9. The van der Waals surface area contributed by atoms with Crippen LogP contribution in [0.25, 0.3) is 0 Å². The second-order valence-corrected chi connectivity index (χ2v) is 5.36. The van der Waals surface area contributed by atoms with Gasteiger partial charge in [0.2, 0.25) is 0 Å². The van der Waals surface area contributed by atoms with Gasteiger partial charge in [0.05, 0.1) is 26.9 Å². The summed E-state index contributed by atoms with van der Waals surface area (Å²) in [4.78, 5) is 10.7. The van der Waals surface area contributed by atoms with Crippen molar-refractivity contribution in [1.82, 2.24) is 0 Å². The molecule has 0 aliphatic heterocycles. The lowest BCUT2D eigenvalue weighted by Gasteiger charge is -2.09. The summed E-state index contributed by atoms with van der Waals surface area (Å²) in [6.07, 6.45) is -4.51. The Balaban J connectivity index is 3.01. The van der Waals surface area contributed by atoms with E-state index in [0.717, 1.165) is 23.9 Å². The maximum Gasteiger partial charge on any atom is 0.416 e. The van der Waals surface area contributed by atoms with Gasteiger partial charge in [-0.3, -0.25) is 4.79 Å². The molecule has 0 amide bonds. The molecule has 0 saturated heterocycles. The number of halogens is 5. The Morgan fingerprint density at radius 3 is 2.26 bits per heavy atom. The van der Waals surface area contributed by atoms with Crippen molar-refractivity contribution in [1.29, 1.82) is 0 Å². The van der Waals surface area contributed by atoms with Crippen LogP contribution in [0.1, 0.15) is 18.1 Å². The lowest BCUT2D eigenvalue weighted by atomic mass is 10.1. The quantitative estimate of drug-likeness (QED) is 0.699. The molecule has 1 nitrogen and oxygen atoms in total. The molecule has 1 aromatic carbocycles. The summed E-state index contributed by atoms with van der Waals surface area (Å²) in [5, 5.41) is -0.431. The predicted octanol–water partition coefficient (Wildman–Crippen LogP) is 4.64. The number of benzene rings is 1. The smallest absolute Gasteiger partial charge is 0.288 e. The van der Waals surface area contributed by atoms with Gasteiger partial charge in [-0.1, -0.05) is 46.8 Å². The van der Waals surface area contributed by atoms with Gasteiger partial charge in [0.1, 0.15) is 0 Å². The third-order valence-corrected chi connectivity index (χ3v) is 3.22. The van der Waals surface area contributed by atoms with Crippen molar-refractivity contribution in [3.63, 3.8) is 0 Å². The molecule has 7 heteroatoms. The molecule has 1 aromatic rings. The minimum Gasteiger partial charge on any atom is -0.288 e. The van der Waals surface area contributed by atoms with Crippen LogP contribution in [0.2, 0.25) is 10.0 Å². The summed E-state index contributed by atoms with van der Waals surface area (Å²) in [7, 11) is 0. The molecule has 0 saturated carbocycles. The molecule has 1 rings (SSSR count). The minimum absolute atomic E-state index is 0.0982. The highest BCUT2D eigenvalue weighted by molar-refractivity contribution is 8.13. The van der Waals surface area contributed by atoms with Crippen molar-refractivity contribution in [3.05, 3.63) is 33.3 Å². The molecule has 102 valence electrons. The van der Waals surface area contributed by atoms with E-state index < -0.39 is 11.7 Å². The summed E-state index contributed by atoms with van der Waals surface area (Å²) in [5.74, 6) is 5.40. The summed E-state index contributed by atoms with van der Waals surface area (Å²) in [6, 6.07) is 1.55. The number of carbonyl (C=O) groups excluding carboxylic acids is 1. The zero-order valence-electron chi connectivity index (χ0n) is 9.57. The Hall–Kier alpha value is -0.830. The monoisotopic (exact) mass is 326 g/mol. The third kappa shape index (κ3) is 4.98. The number of rotatable bonds is 1. The minimum atomic E-state index is -4.51. The van der Waals surface area contributed by atoms with Crippen LogP contribution >= 0.6 is 35.0 Å². The molecule has 0 fully saturated rings. The van der Waals surface area contributed by atoms with Crippen LogP contribution in [0, 0.1) is 11.8 Å². The van der Waals surface area contributed by atoms with Gasteiger partial charge in [0.15, 0.2) is 5.12 Å². The zero-order chi connectivity index (χ0) is 14.6. The van der Waals surface area contributed by atoms with Gasteiger partial charge in [-0.05, 0) is 12.1 Å².